The normalized spacial score (nSPS) is 16.9. The highest BCUT2D eigenvalue weighted by molar-refractivity contribution is 7.89. The average molecular weight is 405 g/mol. The van der Waals surface area contributed by atoms with Gasteiger partial charge in [0.1, 0.15) is 11.8 Å². The molecule has 0 radical (unpaired) electrons. The van der Waals surface area contributed by atoms with Crippen LogP contribution >= 0.6 is 0 Å². The number of hydrogen-bond donors (Lipinski definition) is 1. The zero-order chi connectivity index (χ0) is 20.5. The van der Waals surface area contributed by atoms with Crippen LogP contribution in [0.1, 0.15) is 11.1 Å². The van der Waals surface area contributed by atoms with Crippen LogP contribution in [0.3, 0.4) is 0 Å². The number of benzene rings is 2. The summed E-state index contributed by atoms with van der Waals surface area (Å²) >= 11 is 0. The zero-order valence-corrected chi connectivity index (χ0v) is 16.1. The van der Waals surface area contributed by atoms with E-state index >= 15 is 0 Å². The predicted molar refractivity (Wildman–Crippen MR) is 100 cm³/mol. The standard InChI is InChI=1S/C18H19N3O6S/c1-19-18(22)16-9-12-5-3-4-6-13(12)11-20(16)28(25,26)17-8-7-14(27-2)10-15(17)21(23)24/h3-8,10,16H,9,11H2,1-2H3,(H,19,22). The highest BCUT2D eigenvalue weighted by atomic mass is 32.2. The highest BCUT2D eigenvalue weighted by Crippen LogP contribution is 2.34. The lowest BCUT2D eigenvalue weighted by Gasteiger charge is -2.34. The van der Waals surface area contributed by atoms with Crippen molar-refractivity contribution in [3.05, 3.63) is 63.7 Å². The molecule has 28 heavy (non-hydrogen) atoms. The van der Waals surface area contributed by atoms with Crippen molar-refractivity contribution >= 4 is 21.6 Å². The van der Waals surface area contributed by atoms with Crippen molar-refractivity contribution < 1.29 is 22.9 Å². The Balaban J connectivity index is 2.14. The summed E-state index contributed by atoms with van der Waals surface area (Å²) < 4.78 is 32.7. The van der Waals surface area contributed by atoms with Gasteiger partial charge < -0.3 is 10.1 Å². The Bertz CT molecular complexity index is 1040. The SMILES string of the molecule is CNC(=O)C1Cc2ccccc2CN1S(=O)(=O)c1ccc(OC)cc1[N+](=O)[O-]. The lowest BCUT2D eigenvalue weighted by molar-refractivity contribution is -0.387. The second-order valence-corrected chi connectivity index (χ2v) is 8.10. The lowest BCUT2D eigenvalue weighted by atomic mass is 9.95. The molecule has 1 unspecified atom stereocenters. The average Bonchev–Trinajstić information content (AvgIpc) is 2.71. The minimum Gasteiger partial charge on any atom is -0.497 e. The van der Waals surface area contributed by atoms with Crippen LogP contribution in [-0.2, 0) is 27.8 Å². The lowest BCUT2D eigenvalue weighted by Crippen LogP contribution is -2.51. The highest BCUT2D eigenvalue weighted by Gasteiger charge is 2.41. The van der Waals surface area contributed by atoms with E-state index in [9.17, 15) is 23.3 Å². The maximum atomic E-state index is 13.4. The number of likely N-dealkylation sites (N-methyl/N-ethyl adjacent to an activating group) is 1. The number of rotatable bonds is 5. The molecular formula is C18H19N3O6S. The molecule has 0 saturated heterocycles. The molecule has 1 amide bonds. The van der Waals surface area contributed by atoms with E-state index in [0.717, 1.165) is 27.6 Å². The summed E-state index contributed by atoms with van der Waals surface area (Å²) in [5.41, 5.74) is 1.02. The predicted octanol–water partition coefficient (Wildman–Crippen LogP) is 1.46. The van der Waals surface area contributed by atoms with Crippen LogP contribution in [0.4, 0.5) is 5.69 Å². The number of nitro groups is 1. The Kier molecular flexibility index (Phi) is 5.34. The van der Waals surface area contributed by atoms with Crippen LogP contribution in [-0.4, -0.2) is 43.8 Å². The van der Waals surface area contributed by atoms with Gasteiger partial charge in [-0.1, -0.05) is 24.3 Å². The number of amides is 1. The van der Waals surface area contributed by atoms with E-state index in [2.05, 4.69) is 5.32 Å². The van der Waals surface area contributed by atoms with E-state index in [1.807, 2.05) is 12.1 Å². The molecule has 1 atom stereocenters. The number of nitrogens with one attached hydrogen (secondary N) is 1. The summed E-state index contributed by atoms with van der Waals surface area (Å²) in [5, 5.41) is 14.0. The van der Waals surface area contributed by atoms with Crippen molar-refractivity contribution in [1.82, 2.24) is 9.62 Å². The molecule has 0 bridgehead atoms. The molecule has 0 saturated carbocycles. The summed E-state index contributed by atoms with van der Waals surface area (Å²) in [6, 6.07) is 9.73. The smallest absolute Gasteiger partial charge is 0.293 e. The van der Waals surface area contributed by atoms with Gasteiger partial charge in [-0.05, 0) is 29.7 Å². The molecule has 1 aliphatic heterocycles. The van der Waals surface area contributed by atoms with Gasteiger partial charge in [0.2, 0.25) is 5.91 Å². The molecule has 1 aliphatic rings. The Morgan fingerprint density at radius 1 is 1.25 bits per heavy atom. The summed E-state index contributed by atoms with van der Waals surface area (Å²) in [6.45, 7) is -0.0558. The maximum absolute atomic E-state index is 13.4. The molecule has 1 heterocycles. The Labute approximate surface area is 162 Å². The third kappa shape index (κ3) is 3.43. The second-order valence-electron chi connectivity index (χ2n) is 6.24. The summed E-state index contributed by atoms with van der Waals surface area (Å²) in [7, 11) is -1.58. The van der Waals surface area contributed by atoms with Crippen molar-refractivity contribution in [3.63, 3.8) is 0 Å². The molecule has 2 aromatic rings. The number of carbonyl (C=O) groups excluding carboxylic acids is 1. The zero-order valence-electron chi connectivity index (χ0n) is 15.3. The van der Waals surface area contributed by atoms with Crippen molar-refractivity contribution in [3.8, 4) is 5.75 Å². The monoisotopic (exact) mass is 405 g/mol. The fourth-order valence-corrected chi connectivity index (χ4v) is 4.96. The summed E-state index contributed by atoms with van der Waals surface area (Å²) in [5.74, 6) is -0.313. The quantitative estimate of drug-likeness (QED) is 0.594. The topological polar surface area (TPSA) is 119 Å². The minimum absolute atomic E-state index is 0.0558. The van der Waals surface area contributed by atoms with Crippen molar-refractivity contribution in [1.29, 1.82) is 0 Å². The van der Waals surface area contributed by atoms with Gasteiger partial charge in [-0.2, -0.15) is 4.31 Å². The first-order chi connectivity index (χ1) is 13.3. The number of nitrogens with zero attached hydrogens (tertiary/aromatic N) is 2. The number of fused-ring (bicyclic) bond motifs is 1. The molecule has 9 nitrogen and oxygen atoms in total. The van der Waals surface area contributed by atoms with Gasteiger partial charge >= 0.3 is 0 Å². The number of sulfonamides is 1. The molecule has 0 aliphatic carbocycles. The fraction of sp³-hybridized carbons (Fsp3) is 0.278. The Morgan fingerprint density at radius 3 is 2.54 bits per heavy atom. The number of ether oxygens (including phenoxy) is 1. The Hall–Kier alpha value is -2.98. The molecule has 148 valence electrons. The van der Waals surface area contributed by atoms with E-state index in [1.165, 1.54) is 20.2 Å². The first-order valence-corrected chi connectivity index (χ1v) is 9.86. The molecule has 3 rings (SSSR count). The largest absolute Gasteiger partial charge is 0.497 e. The van der Waals surface area contributed by atoms with Crippen LogP contribution in [0.5, 0.6) is 5.75 Å². The third-order valence-corrected chi connectivity index (χ3v) is 6.61. The minimum atomic E-state index is -4.33. The molecule has 0 aromatic heterocycles. The van der Waals surface area contributed by atoms with E-state index in [-0.39, 0.29) is 18.7 Å². The van der Waals surface area contributed by atoms with E-state index in [4.69, 9.17) is 4.74 Å². The van der Waals surface area contributed by atoms with Crippen LogP contribution in [0.25, 0.3) is 0 Å². The molecule has 2 aromatic carbocycles. The van der Waals surface area contributed by atoms with Gasteiger partial charge in [-0.3, -0.25) is 14.9 Å². The van der Waals surface area contributed by atoms with E-state index in [0.29, 0.717) is 0 Å². The summed E-state index contributed by atoms with van der Waals surface area (Å²) in [6.07, 6.45) is 0.180. The fourth-order valence-electron chi connectivity index (χ4n) is 3.25. The van der Waals surface area contributed by atoms with Crippen molar-refractivity contribution in [2.75, 3.05) is 14.2 Å². The number of carbonyl (C=O) groups is 1. The number of methoxy groups -OCH3 is 1. The molecule has 0 fully saturated rings. The van der Waals surface area contributed by atoms with Gasteiger partial charge in [-0.15, -0.1) is 0 Å². The molecular weight excluding hydrogens is 386 g/mol. The molecule has 0 spiro atoms. The first kappa shape index (κ1) is 19.8. The van der Waals surface area contributed by atoms with Crippen LogP contribution in [0.2, 0.25) is 0 Å². The van der Waals surface area contributed by atoms with Crippen molar-refractivity contribution in [2.24, 2.45) is 0 Å². The van der Waals surface area contributed by atoms with E-state index in [1.54, 1.807) is 12.1 Å². The van der Waals surface area contributed by atoms with Crippen LogP contribution < -0.4 is 10.1 Å². The van der Waals surface area contributed by atoms with Crippen LogP contribution in [0, 0.1) is 10.1 Å². The number of hydrogen-bond acceptors (Lipinski definition) is 6. The third-order valence-electron chi connectivity index (χ3n) is 4.70. The number of nitro benzene ring substituents is 1. The first-order valence-electron chi connectivity index (χ1n) is 8.42. The van der Waals surface area contributed by atoms with Crippen molar-refractivity contribution in [2.45, 2.75) is 23.9 Å². The maximum Gasteiger partial charge on any atom is 0.293 e. The van der Waals surface area contributed by atoms with Gasteiger partial charge in [0.15, 0.2) is 4.90 Å². The second kappa shape index (κ2) is 7.56. The van der Waals surface area contributed by atoms with Gasteiger partial charge in [0.25, 0.3) is 15.7 Å². The van der Waals surface area contributed by atoms with Gasteiger partial charge in [-0.25, -0.2) is 8.42 Å². The van der Waals surface area contributed by atoms with E-state index < -0.39 is 37.5 Å². The van der Waals surface area contributed by atoms with Crippen LogP contribution in [0.15, 0.2) is 47.4 Å². The Morgan fingerprint density at radius 2 is 1.93 bits per heavy atom. The molecule has 10 heteroatoms. The summed E-state index contributed by atoms with van der Waals surface area (Å²) in [4.78, 5) is 22.6. The molecule has 1 N–H and O–H groups in total. The van der Waals surface area contributed by atoms with Gasteiger partial charge in [0.05, 0.1) is 18.1 Å². The van der Waals surface area contributed by atoms with Gasteiger partial charge in [0, 0.05) is 13.6 Å².